The summed E-state index contributed by atoms with van der Waals surface area (Å²) in [5.74, 6) is 0. The van der Waals surface area contributed by atoms with Gasteiger partial charge in [0.2, 0.25) is 16.9 Å². The number of rotatable bonds is 3. The molecule has 5 aromatic rings. The van der Waals surface area contributed by atoms with Crippen LogP contribution in [0.25, 0.3) is 33.6 Å². The van der Waals surface area contributed by atoms with Gasteiger partial charge in [-0.1, -0.05) is 127 Å². The van der Waals surface area contributed by atoms with Crippen LogP contribution in [0.2, 0.25) is 0 Å². The second-order valence-corrected chi connectivity index (χ2v) is 21.0. The fraction of sp³-hybridized carbons (Fsp3) is 0.472. The Morgan fingerprint density at radius 1 is 0.455 bits per heavy atom. The molecule has 0 saturated carbocycles. The SMILES string of the molecule is CCC1(CC)[n+]2ccccc2-c2cc3c(cc2C12c1cc4c(cc1-c1cc(C)c(-c5ccccc5)c[n+]12)C(C)(C)C(C)(C)C4(C)C)C(C)(C)C(C)(C)C3(C)C. The van der Waals surface area contributed by atoms with Gasteiger partial charge in [0.25, 0.3) is 5.54 Å². The van der Waals surface area contributed by atoms with Crippen molar-refractivity contribution in [3.05, 3.63) is 130 Å². The molecule has 55 heavy (non-hydrogen) atoms. The van der Waals surface area contributed by atoms with Crippen LogP contribution in [-0.4, -0.2) is 0 Å². The van der Waals surface area contributed by atoms with Gasteiger partial charge < -0.3 is 0 Å². The third-order valence-electron chi connectivity index (χ3n) is 18.5. The summed E-state index contributed by atoms with van der Waals surface area (Å²) >= 11 is 0. The van der Waals surface area contributed by atoms with Crippen LogP contribution in [0, 0.1) is 17.8 Å². The van der Waals surface area contributed by atoms with Crippen LogP contribution in [0.3, 0.4) is 0 Å². The van der Waals surface area contributed by atoms with Gasteiger partial charge in [-0.05, 0) is 103 Å². The maximum absolute atomic E-state index is 2.80. The van der Waals surface area contributed by atoms with Crippen molar-refractivity contribution in [3.8, 4) is 33.6 Å². The van der Waals surface area contributed by atoms with Gasteiger partial charge in [-0.15, -0.1) is 0 Å². The van der Waals surface area contributed by atoms with Crippen molar-refractivity contribution in [1.29, 1.82) is 0 Å². The van der Waals surface area contributed by atoms with Crippen molar-refractivity contribution in [3.63, 3.8) is 0 Å². The minimum Gasteiger partial charge on any atom is -0.185 e. The summed E-state index contributed by atoms with van der Waals surface area (Å²) < 4.78 is 5.52. The zero-order chi connectivity index (χ0) is 39.7. The highest BCUT2D eigenvalue weighted by atomic mass is 15.2. The van der Waals surface area contributed by atoms with Crippen LogP contribution < -0.4 is 9.13 Å². The van der Waals surface area contributed by atoms with Crippen LogP contribution in [0.1, 0.15) is 149 Å². The predicted octanol–water partition coefficient (Wildman–Crippen LogP) is 12.4. The molecule has 284 valence electrons. The molecule has 4 heterocycles. The first kappa shape index (κ1) is 36.6. The van der Waals surface area contributed by atoms with Crippen LogP contribution in [0.15, 0.2) is 91.3 Å². The molecule has 3 aromatic carbocycles. The molecule has 2 aliphatic carbocycles. The van der Waals surface area contributed by atoms with E-state index in [2.05, 4.69) is 204 Å². The molecule has 2 aliphatic heterocycles. The van der Waals surface area contributed by atoms with Crippen LogP contribution in [-0.2, 0) is 32.7 Å². The first-order valence-electron chi connectivity index (χ1n) is 21.2. The van der Waals surface area contributed by atoms with Gasteiger partial charge in [-0.25, -0.2) is 0 Å². The van der Waals surface area contributed by atoms with E-state index in [4.69, 9.17) is 0 Å². The average Bonchev–Trinajstić information content (AvgIpc) is 3.52. The Morgan fingerprint density at radius 3 is 1.40 bits per heavy atom. The number of hydrogen-bond donors (Lipinski definition) is 0. The van der Waals surface area contributed by atoms with E-state index in [0.29, 0.717) is 0 Å². The highest BCUT2D eigenvalue weighted by Crippen LogP contribution is 2.67. The summed E-state index contributed by atoms with van der Waals surface area (Å²) in [6.45, 7) is 37.3. The van der Waals surface area contributed by atoms with E-state index >= 15 is 0 Å². The minimum atomic E-state index is -0.517. The third-order valence-corrected chi connectivity index (χ3v) is 18.5. The van der Waals surface area contributed by atoms with Gasteiger partial charge in [-0.3, -0.25) is 0 Å². The molecular weight excluding hydrogens is 665 g/mol. The molecule has 0 radical (unpaired) electrons. The molecule has 4 aliphatic rings. The summed E-state index contributed by atoms with van der Waals surface area (Å²) in [5.41, 5.74) is 17.6. The lowest BCUT2D eigenvalue weighted by Crippen LogP contribution is -2.78. The highest BCUT2D eigenvalue weighted by Gasteiger charge is 2.75. The van der Waals surface area contributed by atoms with Gasteiger partial charge in [0.1, 0.15) is 0 Å². The Kier molecular flexibility index (Phi) is 7.10. The molecule has 0 fully saturated rings. The molecule has 0 bridgehead atoms. The second kappa shape index (κ2) is 10.7. The summed E-state index contributed by atoms with van der Waals surface area (Å²) in [6, 6.07) is 31.3. The van der Waals surface area contributed by atoms with Gasteiger partial charge in [0.15, 0.2) is 12.4 Å². The van der Waals surface area contributed by atoms with E-state index in [1.165, 1.54) is 72.6 Å². The van der Waals surface area contributed by atoms with E-state index in [-0.39, 0.29) is 38.0 Å². The summed E-state index contributed by atoms with van der Waals surface area (Å²) in [7, 11) is 0. The number of fused-ring (bicyclic) bond motifs is 11. The average molecular weight is 729 g/mol. The van der Waals surface area contributed by atoms with Crippen molar-refractivity contribution < 1.29 is 9.13 Å². The molecule has 2 nitrogen and oxygen atoms in total. The Labute approximate surface area is 332 Å². The minimum absolute atomic E-state index is 0.000899. The molecule has 9 rings (SSSR count). The number of pyridine rings is 2. The summed E-state index contributed by atoms with van der Waals surface area (Å²) in [6.07, 6.45) is 6.95. The summed E-state index contributed by atoms with van der Waals surface area (Å²) in [4.78, 5) is 0. The quantitative estimate of drug-likeness (QED) is 0.163. The fourth-order valence-corrected chi connectivity index (χ4v) is 12.7. The summed E-state index contributed by atoms with van der Waals surface area (Å²) in [5, 5.41) is 0. The monoisotopic (exact) mass is 729 g/mol. The highest BCUT2D eigenvalue weighted by molar-refractivity contribution is 5.80. The third kappa shape index (κ3) is 3.80. The smallest absolute Gasteiger partial charge is 0.185 e. The molecule has 0 amide bonds. The molecule has 1 atom stereocenters. The number of hydrogen-bond acceptors (Lipinski definition) is 0. The molecule has 0 N–H and O–H groups in total. The first-order valence-corrected chi connectivity index (χ1v) is 21.2. The largest absolute Gasteiger partial charge is 0.284 e. The van der Waals surface area contributed by atoms with Gasteiger partial charge in [0, 0.05) is 47.7 Å². The van der Waals surface area contributed by atoms with Crippen molar-refractivity contribution in [2.75, 3.05) is 0 Å². The van der Waals surface area contributed by atoms with Crippen molar-refractivity contribution >= 4 is 0 Å². The zero-order valence-electron chi connectivity index (χ0n) is 36.5. The van der Waals surface area contributed by atoms with Gasteiger partial charge in [-0.2, -0.15) is 9.13 Å². The van der Waals surface area contributed by atoms with E-state index in [1.807, 2.05) is 0 Å². The van der Waals surface area contributed by atoms with E-state index in [9.17, 15) is 0 Å². The molecule has 1 spiro atoms. The van der Waals surface area contributed by atoms with Crippen molar-refractivity contribution in [2.24, 2.45) is 10.8 Å². The van der Waals surface area contributed by atoms with Crippen LogP contribution >= 0.6 is 0 Å². The molecule has 1 unspecified atom stereocenters. The van der Waals surface area contributed by atoms with Gasteiger partial charge in [0.05, 0.1) is 11.1 Å². The maximum Gasteiger partial charge on any atom is 0.284 e. The zero-order valence-corrected chi connectivity index (χ0v) is 36.5. The number of nitrogens with zero attached hydrogens (tertiary/aromatic N) is 2. The Balaban J connectivity index is 1.54. The van der Waals surface area contributed by atoms with E-state index in [1.54, 1.807) is 0 Å². The topological polar surface area (TPSA) is 7.76 Å². The Morgan fingerprint density at radius 2 is 0.909 bits per heavy atom. The maximum atomic E-state index is 2.80. The molecule has 2 heteroatoms. The Hall–Kier alpha value is -4.04. The van der Waals surface area contributed by atoms with E-state index < -0.39 is 5.54 Å². The first-order chi connectivity index (χ1) is 25.6. The van der Waals surface area contributed by atoms with E-state index in [0.717, 1.165) is 12.8 Å². The standard InChI is InChI=1S/C53H64N2/c1-16-52(17-2)53(38-30-42-40(46(4,5)50(12,13)48(42,8)9)28-35(38)44-25-21-22-26-54(44)52)39-31-43-41(47(6,7)51(14,15)49(43,10)11)29-36(39)45-27-33(3)37(32-55(45)53)34-23-19-18-20-24-34/h18-32H,16-17H2,1-15H3/q+2. The number of aryl methyl sites for hydroxylation is 1. The normalized spacial score (nSPS) is 24.1. The van der Waals surface area contributed by atoms with Crippen molar-refractivity contribution in [1.82, 2.24) is 0 Å². The number of benzene rings is 3. The lowest BCUT2D eigenvalue weighted by Gasteiger charge is -2.45. The molecule has 0 saturated heterocycles. The predicted molar refractivity (Wildman–Crippen MR) is 229 cm³/mol. The van der Waals surface area contributed by atoms with Crippen LogP contribution in [0.5, 0.6) is 0 Å². The van der Waals surface area contributed by atoms with Crippen LogP contribution in [0.4, 0.5) is 0 Å². The lowest BCUT2D eigenvalue weighted by molar-refractivity contribution is -0.856. The van der Waals surface area contributed by atoms with Crippen molar-refractivity contribution in [2.45, 2.75) is 149 Å². The Bertz CT molecular complexity index is 2460. The molecular formula is C53H64N2+2. The fourth-order valence-electron chi connectivity index (χ4n) is 12.7. The number of aromatic nitrogens is 2. The second-order valence-electron chi connectivity index (χ2n) is 21.0. The molecule has 2 aromatic heterocycles. The van der Waals surface area contributed by atoms with Gasteiger partial charge >= 0.3 is 0 Å². The lowest BCUT2D eigenvalue weighted by atomic mass is 9.59.